The zero-order chi connectivity index (χ0) is 41.1. The molecule has 1 saturated heterocycles. The molecule has 1 aromatic heterocycles. The molecule has 1 fully saturated rings. The van der Waals surface area contributed by atoms with Gasteiger partial charge in [0.15, 0.2) is 25.5 Å². The van der Waals surface area contributed by atoms with Gasteiger partial charge in [0.1, 0.15) is 36.0 Å². The number of carbonyl (C=O) groups is 2. The van der Waals surface area contributed by atoms with Crippen molar-refractivity contribution in [3.05, 3.63) is 117 Å². The average molecular weight is 806 g/mol. The van der Waals surface area contributed by atoms with E-state index in [2.05, 4.69) is 37.8 Å². The molecular weight excluding hydrogens is 751 g/mol. The van der Waals surface area contributed by atoms with Crippen LogP contribution in [0.1, 0.15) is 108 Å². The van der Waals surface area contributed by atoms with E-state index in [0.29, 0.717) is 23.5 Å². The summed E-state index contributed by atoms with van der Waals surface area (Å²) in [5.41, 5.74) is 9.20. The standard InChI is InChI=1S/C46H55N3O8Si/c1-8-49-21-15-20-33(49)30-24-34(54-25-27-16-11-9-12-17-27)36-31(40(30)53-5)22-29-23-32-38(47)41-37(44(48-56-41)55-26-28-18-13-10-14-19-28)43(52)46(32,42(51)35(29)39(36)50)57-58(6,7)45(2,3)4/h9-14,16-19,24,29,32-33,38,51H,8,15,20-23,25-26,47H2,1-7H3/t29-,32-,33?,38-,46-/m0/s1. The largest absolute Gasteiger partial charge is 0.508 e. The SMILES string of the molecule is CCN1CCCC1c1cc(OCc2ccccc2)c2c(c1OC)C[C@H]1C[C@H]3[C@H](N)c4onc(OCc5ccccc5)c4C(=O)[C@@]3(O[Si](C)(C)C(C)(C)C)C(O)=C1C2=O. The molecule has 4 aromatic rings. The van der Waals surface area contributed by atoms with Crippen LogP contribution in [0.5, 0.6) is 17.4 Å². The minimum atomic E-state index is -2.89. The highest BCUT2D eigenvalue weighted by Crippen LogP contribution is 2.59. The maximum Gasteiger partial charge on any atom is 0.265 e. The molecule has 3 aliphatic carbocycles. The van der Waals surface area contributed by atoms with Crippen molar-refractivity contribution >= 4 is 19.9 Å². The number of aliphatic hydroxyl groups is 1. The molecule has 12 heteroatoms. The van der Waals surface area contributed by atoms with Gasteiger partial charge in [-0.2, -0.15) is 0 Å². The van der Waals surface area contributed by atoms with Gasteiger partial charge in [-0.15, -0.1) is 0 Å². The van der Waals surface area contributed by atoms with Gasteiger partial charge in [0.25, 0.3) is 5.88 Å². The lowest BCUT2D eigenvalue weighted by molar-refractivity contribution is -0.0273. The molecule has 3 aromatic carbocycles. The molecule has 4 aliphatic rings. The van der Waals surface area contributed by atoms with E-state index in [-0.39, 0.29) is 53.5 Å². The van der Waals surface area contributed by atoms with Crippen molar-refractivity contribution < 1.29 is 37.9 Å². The Morgan fingerprint density at radius 3 is 2.28 bits per heavy atom. The molecule has 1 unspecified atom stereocenters. The Morgan fingerprint density at radius 1 is 1.00 bits per heavy atom. The van der Waals surface area contributed by atoms with Crippen molar-refractivity contribution in [2.45, 2.75) is 102 Å². The highest BCUT2D eigenvalue weighted by molar-refractivity contribution is 6.74. The highest BCUT2D eigenvalue weighted by atomic mass is 28.4. The number of aromatic nitrogens is 1. The van der Waals surface area contributed by atoms with Gasteiger partial charge in [-0.3, -0.25) is 14.5 Å². The van der Waals surface area contributed by atoms with Crippen LogP contribution in [0.15, 0.2) is 82.6 Å². The molecule has 0 saturated carbocycles. The van der Waals surface area contributed by atoms with Crippen molar-refractivity contribution in [2.24, 2.45) is 17.6 Å². The highest BCUT2D eigenvalue weighted by Gasteiger charge is 2.66. The molecule has 11 nitrogen and oxygen atoms in total. The van der Waals surface area contributed by atoms with Crippen molar-refractivity contribution in [2.75, 3.05) is 20.2 Å². The first-order chi connectivity index (χ1) is 27.7. The summed E-state index contributed by atoms with van der Waals surface area (Å²) in [5, 5.41) is 16.8. The Kier molecular flexibility index (Phi) is 10.4. The van der Waals surface area contributed by atoms with Gasteiger partial charge in [0.05, 0.1) is 18.7 Å². The summed E-state index contributed by atoms with van der Waals surface area (Å²) in [4.78, 5) is 33.3. The van der Waals surface area contributed by atoms with Crippen LogP contribution < -0.4 is 19.9 Å². The number of carbonyl (C=O) groups excluding carboxylic acids is 2. The Morgan fingerprint density at radius 2 is 1.66 bits per heavy atom. The lowest BCUT2D eigenvalue weighted by atomic mass is 9.59. The van der Waals surface area contributed by atoms with Gasteiger partial charge in [-0.25, -0.2) is 0 Å². The van der Waals surface area contributed by atoms with Gasteiger partial charge in [0, 0.05) is 28.7 Å². The van der Waals surface area contributed by atoms with Crippen LogP contribution in [-0.2, 0) is 24.1 Å². The van der Waals surface area contributed by atoms with Crippen LogP contribution in [0.3, 0.4) is 0 Å². The number of hydrogen-bond acceptors (Lipinski definition) is 11. The molecule has 8 rings (SSSR count). The van der Waals surface area contributed by atoms with Gasteiger partial charge in [-0.1, -0.05) is 88.4 Å². The Labute approximate surface area is 341 Å². The molecule has 1 aliphatic heterocycles. The quantitative estimate of drug-likeness (QED) is 0.140. The van der Waals surface area contributed by atoms with Crippen molar-refractivity contribution in [3.63, 3.8) is 0 Å². The fraction of sp³-hybridized carbons (Fsp3) is 0.457. The summed E-state index contributed by atoms with van der Waals surface area (Å²) >= 11 is 0. The second-order valence-corrected chi connectivity index (χ2v) is 22.4. The summed E-state index contributed by atoms with van der Waals surface area (Å²) in [7, 11) is -1.24. The predicted octanol–water partition coefficient (Wildman–Crippen LogP) is 8.84. The number of rotatable bonds is 11. The normalized spacial score (nSPS) is 24.6. The molecule has 5 atom stereocenters. The Balaban J connectivity index is 1.30. The number of likely N-dealkylation sites (tertiary alicyclic amines) is 1. The number of nitrogens with zero attached hydrogens (tertiary/aromatic N) is 2. The van der Waals surface area contributed by atoms with Crippen molar-refractivity contribution in [1.29, 1.82) is 0 Å². The fourth-order valence-corrected chi connectivity index (χ4v) is 10.8. The third-order valence-electron chi connectivity index (χ3n) is 13.4. The summed E-state index contributed by atoms with van der Waals surface area (Å²) in [5.74, 6) is -1.43. The number of fused-ring (bicyclic) bond motifs is 4. The maximum absolute atomic E-state index is 15.4. The Bertz CT molecular complexity index is 2250. The molecule has 0 spiro atoms. The van der Waals surface area contributed by atoms with E-state index in [1.54, 1.807) is 7.11 Å². The number of ketones is 2. The molecule has 2 heterocycles. The first-order valence-electron chi connectivity index (χ1n) is 20.5. The average Bonchev–Trinajstić information content (AvgIpc) is 3.87. The predicted molar refractivity (Wildman–Crippen MR) is 222 cm³/mol. The molecule has 0 bridgehead atoms. The minimum absolute atomic E-state index is 0.0295. The van der Waals surface area contributed by atoms with E-state index in [9.17, 15) is 5.11 Å². The number of nitrogens with two attached hydrogens (primary N) is 1. The van der Waals surface area contributed by atoms with Crippen molar-refractivity contribution in [3.8, 4) is 17.4 Å². The first kappa shape index (κ1) is 40.0. The van der Waals surface area contributed by atoms with E-state index in [0.717, 1.165) is 48.2 Å². The molecule has 306 valence electrons. The van der Waals surface area contributed by atoms with Gasteiger partial charge < -0.3 is 34.0 Å². The number of hydrogen-bond donors (Lipinski definition) is 2. The van der Waals surface area contributed by atoms with Gasteiger partial charge >= 0.3 is 0 Å². The molecular formula is C46H55N3O8Si. The number of allylic oxidation sites excluding steroid dienone is 1. The summed E-state index contributed by atoms with van der Waals surface area (Å²) in [6.45, 7) is 14.6. The Hall–Kier alpha value is -4.75. The van der Waals surface area contributed by atoms with Crippen molar-refractivity contribution in [1.82, 2.24) is 10.1 Å². The molecule has 0 amide bonds. The number of Topliss-reactive ketones (excluding diaryl/α,β-unsaturated/α-hetero) is 2. The molecule has 3 N–H and O–H groups in total. The smallest absolute Gasteiger partial charge is 0.265 e. The van der Waals surface area contributed by atoms with Crippen LogP contribution in [-0.4, -0.2) is 60.8 Å². The van der Waals surface area contributed by atoms with Crippen LogP contribution in [0, 0.1) is 11.8 Å². The summed E-state index contributed by atoms with van der Waals surface area (Å²) in [6, 6.07) is 20.5. The third kappa shape index (κ3) is 6.49. The van der Waals surface area contributed by atoms with E-state index in [1.165, 1.54) is 0 Å². The summed E-state index contributed by atoms with van der Waals surface area (Å²) < 4.78 is 32.0. The second-order valence-electron chi connectivity index (χ2n) is 17.7. The fourth-order valence-electron chi connectivity index (χ4n) is 9.39. The van der Waals surface area contributed by atoms with E-state index in [1.807, 2.05) is 79.8 Å². The van der Waals surface area contributed by atoms with Gasteiger partial charge in [-0.05, 0) is 85.2 Å². The number of methoxy groups -OCH3 is 1. The second kappa shape index (κ2) is 15.1. The lowest BCUT2D eigenvalue weighted by Crippen LogP contribution is -2.64. The zero-order valence-corrected chi connectivity index (χ0v) is 35.6. The first-order valence-corrected chi connectivity index (χ1v) is 23.4. The summed E-state index contributed by atoms with van der Waals surface area (Å²) in [6.07, 6.45) is 2.63. The lowest BCUT2D eigenvalue weighted by Gasteiger charge is -2.53. The van der Waals surface area contributed by atoms with Gasteiger partial charge in [0.2, 0.25) is 5.78 Å². The van der Waals surface area contributed by atoms with E-state index < -0.39 is 49.1 Å². The number of benzene rings is 3. The number of ether oxygens (including phenoxy) is 3. The molecule has 58 heavy (non-hydrogen) atoms. The zero-order valence-electron chi connectivity index (χ0n) is 34.6. The number of aliphatic hydroxyl groups excluding tert-OH is 1. The van der Waals surface area contributed by atoms with E-state index in [4.69, 9.17) is 28.9 Å². The van der Waals surface area contributed by atoms with Crippen LogP contribution >= 0.6 is 0 Å². The molecule has 0 radical (unpaired) electrons. The minimum Gasteiger partial charge on any atom is -0.508 e. The monoisotopic (exact) mass is 805 g/mol. The maximum atomic E-state index is 15.4. The van der Waals surface area contributed by atoms with Crippen LogP contribution in [0.25, 0.3) is 0 Å². The van der Waals surface area contributed by atoms with E-state index >= 15 is 9.59 Å². The third-order valence-corrected chi connectivity index (χ3v) is 17.8. The van der Waals surface area contributed by atoms with Crippen LogP contribution in [0.4, 0.5) is 0 Å². The van der Waals surface area contributed by atoms with Crippen LogP contribution in [0.2, 0.25) is 18.1 Å². The topological polar surface area (TPSA) is 147 Å².